The first kappa shape index (κ1) is 16.5. The number of hydrogen-bond acceptors (Lipinski definition) is 4. The number of rotatable bonds is 2. The van der Waals surface area contributed by atoms with Gasteiger partial charge in [0.05, 0.1) is 11.6 Å². The fourth-order valence-corrected chi connectivity index (χ4v) is 2.70. The second kappa shape index (κ2) is 6.93. The number of carboxylic acids is 1. The second-order valence-electron chi connectivity index (χ2n) is 5.06. The normalized spacial score (nSPS) is 20.5. The first-order chi connectivity index (χ1) is 10.2. The Morgan fingerprint density at radius 3 is 3.05 bits per heavy atom. The van der Waals surface area contributed by atoms with Crippen LogP contribution in [0.15, 0.2) is 24.3 Å². The van der Waals surface area contributed by atoms with E-state index in [9.17, 15) is 9.59 Å². The Hall–Kier alpha value is -1.86. The van der Waals surface area contributed by atoms with Gasteiger partial charge in [-0.3, -0.25) is 4.79 Å². The van der Waals surface area contributed by atoms with E-state index in [1.54, 1.807) is 23.1 Å². The summed E-state index contributed by atoms with van der Waals surface area (Å²) in [7, 11) is 0. The van der Waals surface area contributed by atoms with Gasteiger partial charge in [-0.15, -0.1) is 17.0 Å². The molecule has 1 fully saturated rings. The van der Waals surface area contributed by atoms with Crippen molar-refractivity contribution in [2.45, 2.75) is 6.04 Å². The van der Waals surface area contributed by atoms with Crippen LogP contribution >= 0.6 is 17.0 Å². The van der Waals surface area contributed by atoms with E-state index in [0.29, 0.717) is 36.6 Å². The molecule has 1 unspecified atom stereocenters. The summed E-state index contributed by atoms with van der Waals surface area (Å²) < 4.78 is 5.75. The molecule has 0 aliphatic carbocycles. The van der Waals surface area contributed by atoms with Crippen molar-refractivity contribution in [2.75, 3.05) is 26.2 Å². The highest BCUT2D eigenvalue weighted by atomic mass is 79.9. The average Bonchev–Trinajstić information content (AvgIpc) is 2.64. The summed E-state index contributed by atoms with van der Waals surface area (Å²) >= 11 is 0. The van der Waals surface area contributed by atoms with Gasteiger partial charge < -0.3 is 20.1 Å². The largest absolute Gasteiger partial charge is 0.491 e. The molecule has 1 amide bonds. The summed E-state index contributed by atoms with van der Waals surface area (Å²) in [5, 5.41) is 12.0. The van der Waals surface area contributed by atoms with Gasteiger partial charge in [0.2, 0.25) is 0 Å². The van der Waals surface area contributed by atoms with E-state index in [-0.39, 0.29) is 28.9 Å². The summed E-state index contributed by atoms with van der Waals surface area (Å²) in [5.74, 6) is -0.629. The van der Waals surface area contributed by atoms with Crippen molar-refractivity contribution >= 4 is 34.9 Å². The first-order valence-electron chi connectivity index (χ1n) is 6.85. The molecule has 0 bridgehead atoms. The minimum absolute atomic E-state index is 0. The first-order valence-corrected chi connectivity index (χ1v) is 6.85. The van der Waals surface area contributed by atoms with E-state index >= 15 is 0 Å². The third kappa shape index (κ3) is 3.15. The lowest BCUT2D eigenvalue weighted by Crippen LogP contribution is -2.54. The predicted octanol–water partition coefficient (Wildman–Crippen LogP) is 1.17. The Labute approximate surface area is 138 Å². The third-order valence-corrected chi connectivity index (χ3v) is 3.72. The van der Waals surface area contributed by atoms with E-state index in [1.165, 1.54) is 6.08 Å². The van der Waals surface area contributed by atoms with E-state index in [4.69, 9.17) is 9.84 Å². The summed E-state index contributed by atoms with van der Waals surface area (Å²) in [5.41, 5.74) is 1.01. The molecule has 0 aromatic heterocycles. The summed E-state index contributed by atoms with van der Waals surface area (Å²) in [4.78, 5) is 25.3. The van der Waals surface area contributed by atoms with Crippen LogP contribution in [-0.4, -0.2) is 54.2 Å². The van der Waals surface area contributed by atoms with Crippen LogP contribution in [0.1, 0.15) is 15.9 Å². The number of carbonyl (C=O) groups is 2. The third-order valence-electron chi connectivity index (χ3n) is 3.72. The Morgan fingerprint density at radius 1 is 1.45 bits per heavy atom. The number of nitrogens with one attached hydrogen (secondary N) is 1. The molecule has 0 radical (unpaired) electrons. The predicted molar refractivity (Wildman–Crippen MR) is 86.6 cm³/mol. The topological polar surface area (TPSA) is 78.9 Å². The number of hydrogen-bond donors (Lipinski definition) is 2. The lowest BCUT2D eigenvalue weighted by Gasteiger charge is -2.34. The minimum Gasteiger partial charge on any atom is -0.491 e. The van der Waals surface area contributed by atoms with Gasteiger partial charge >= 0.3 is 5.97 Å². The van der Waals surface area contributed by atoms with Crippen molar-refractivity contribution in [1.82, 2.24) is 10.2 Å². The number of amides is 1. The number of piperazine rings is 1. The molecule has 3 rings (SSSR count). The van der Waals surface area contributed by atoms with Crippen molar-refractivity contribution in [1.29, 1.82) is 0 Å². The Bertz CT molecular complexity index is 618. The average molecular weight is 369 g/mol. The van der Waals surface area contributed by atoms with Gasteiger partial charge in [-0.2, -0.15) is 0 Å². The molecule has 1 saturated heterocycles. The molecular formula is C15H17BrN2O4. The quantitative estimate of drug-likeness (QED) is 0.766. The number of benzene rings is 1. The number of aliphatic carboxylic acids is 1. The van der Waals surface area contributed by atoms with Crippen LogP contribution in [-0.2, 0) is 4.79 Å². The van der Waals surface area contributed by atoms with Gasteiger partial charge in [-0.25, -0.2) is 4.79 Å². The zero-order chi connectivity index (χ0) is 14.8. The monoisotopic (exact) mass is 368 g/mol. The lowest BCUT2D eigenvalue weighted by molar-refractivity contribution is -0.131. The van der Waals surface area contributed by atoms with E-state index in [0.717, 1.165) is 12.6 Å². The van der Waals surface area contributed by atoms with Crippen molar-refractivity contribution in [3.8, 4) is 5.75 Å². The van der Waals surface area contributed by atoms with Crippen LogP contribution in [0, 0.1) is 0 Å². The van der Waals surface area contributed by atoms with Gasteiger partial charge in [-0.1, -0.05) is 12.1 Å². The Balaban J connectivity index is 0.00000176. The van der Waals surface area contributed by atoms with Crippen molar-refractivity contribution in [3.05, 3.63) is 35.4 Å². The fourth-order valence-electron chi connectivity index (χ4n) is 2.70. The van der Waals surface area contributed by atoms with Gasteiger partial charge in [0.15, 0.2) is 0 Å². The van der Waals surface area contributed by atoms with E-state index in [1.807, 2.05) is 0 Å². The maximum absolute atomic E-state index is 12.8. The maximum Gasteiger partial charge on any atom is 0.328 e. The van der Waals surface area contributed by atoms with Gasteiger partial charge in [0, 0.05) is 25.7 Å². The number of carboxylic acid groups (broad SMARTS) is 1. The molecule has 6 nitrogen and oxygen atoms in total. The van der Waals surface area contributed by atoms with Crippen LogP contribution in [0.25, 0.3) is 6.08 Å². The number of nitrogens with zero attached hydrogens (tertiary/aromatic N) is 1. The van der Waals surface area contributed by atoms with Crippen LogP contribution in [0.3, 0.4) is 0 Å². The highest BCUT2D eigenvalue weighted by molar-refractivity contribution is 8.93. The lowest BCUT2D eigenvalue weighted by atomic mass is 10.0. The van der Waals surface area contributed by atoms with Crippen LogP contribution in [0.4, 0.5) is 0 Å². The van der Waals surface area contributed by atoms with Crippen molar-refractivity contribution in [3.63, 3.8) is 0 Å². The molecule has 1 aromatic rings. The number of halogens is 1. The van der Waals surface area contributed by atoms with Gasteiger partial charge in [-0.05, 0) is 17.7 Å². The van der Waals surface area contributed by atoms with Crippen LogP contribution in [0.5, 0.6) is 5.75 Å². The number of fused-ring (bicyclic) bond motifs is 2. The summed E-state index contributed by atoms with van der Waals surface area (Å²) in [6.07, 6.45) is 2.47. The highest BCUT2D eigenvalue weighted by Gasteiger charge is 2.33. The van der Waals surface area contributed by atoms with Crippen LogP contribution < -0.4 is 10.1 Å². The van der Waals surface area contributed by atoms with Crippen LogP contribution in [0.2, 0.25) is 0 Å². The molecule has 2 N–H and O–H groups in total. The van der Waals surface area contributed by atoms with E-state index < -0.39 is 5.97 Å². The molecule has 2 aliphatic heterocycles. The molecule has 2 aliphatic rings. The molecule has 2 heterocycles. The molecule has 7 heteroatoms. The zero-order valence-corrected chi connectivity index (χ0v) is 13.5. The number of ether oxygens (including phenoxy) is 1. The molecule has 0 spiro atoms. The highest BCUT2D eigenvalue weighted by Crippen LogP contribution is 2.29. The second-order valence-corrected chi connectivity index (χ2v) is 5.06. The van der Waals surface area contributed by atoms with Crippen molar-refractivity contribution in [2.24, 2.45) is 0 Å². The standard InChI is InChI=1S/C15H16N2O4.BrH/c18-13(19)5-4-10-2-1-3-12-14(10)15(20)17-7-6-16-8-11(17)9-21-12;/h1-5,11,16H,6-9H2,(H,18,19);1H. The fraction of sp³-hybridized carbons (Fsp3) is 0.333. The molecule has 1 atom stereocenters. The SMILES string of the molecule is Br.O=C(O)C=Cc1cccc2c1C(=O)N1CCNCC1CO2. The van der Waals surface area contributed by atoms with E-state index in [2.05, 4.69) is 5.32 Å². The maximum atomic E-state index is 12.8. The Morgan fingerprint density at radius 2 is 2.27 bits per heavy atom. The van der Waals surface area contributed by atoms with Gasteiger partial charge in [0.1, 0.15) is 12.4 Å². The smallest absolute Gasteiger partial charge is 0.328 e. The van der Waals surface area contributed by atoms with Crippen molar-refractivity contribution < 1.29 is 19.4 Å². The zero-order valence-electron chi connectivity index (χ0n) is 11.8. The molecule has 0 saturated carbocycles. The molecular weight excluding hydrogens is 352 g/mol. The Kier molecular flexibility index (Phi) is 5.20. The van der Waals surface area contributed by atoms with Gasteiger partial charge in [0.25, 0.3) is 5.91 Å². The minimum atomic E-state index is -1.05. The number of carbonyl (C=O) groups excluding carboxylic acids is 1. The molecule has 118 valence electrons. The molecule has 1 aromatic carbocycles. The molecule has 22 heavy (non-hydrogen) atoms. The summed E-state index contributed by atoms with van der Waals surface area (Å²) in [6.45, 7) is 2.53. The summed E-state index contributed by atoms with van der Waals surface area (Å²) in [6, 6.07) is 5.24.